The van der Waals surface area contributed by atoms with Gasteiger partial charge in [0.15, 0.2) is 0 Å². The summed E-state index contributed by atoms with van der Waals surface area (Å²) in [7, 11) is 0. The highest BCUT2D eigenvalue weighted by Crippen LogP contribution is 2.45. The van der Waals surface area contributed by atoms with E-state index < -0.39 is 4.92 Å². The molecule has 0 saturated heterocycles. The average molecular weight is 472 g/mol. The molecule has 3 aromatic carbocycles. The normalized spacial score (nSPS) is 14.6. The van der Waals surface area contributed by atoms with Gasteiger partial charge >= 0.3 is 0 Å². The van der Waals surface area contributed by atoms with Crippen molar-refractivity contribution in [2.45, 2.75) is 32.1 Å². The van der Waals surface area contributed by atoms with Gasteiger partial charge in [0.1, 0.15) is 17.1 Å². The number of carbonyl (C=O) groups is 1. The predicted octanol–water partition coefficient (Wildman–Crippen LogP) is 5.60. The van der Waals surface area contributed by atoms with E-state index in [2.05, 4.69) is 20.4 Å². The van der Waals surface area contributed by atoms with Crippen LogP contribution >= 0.6 is 0 Å². The van der Waals surface area contributed by atoms with E-state index in [9.17, 15) is 20.0 Å². The van der Waals surface area contributed by atoms with Crippen molar-refractivity contribution >= 4 is 34.3 Å². The molecule has 2 N–H and O–H groups in total. The van der Waals surface area contributed by atoms with Crippen molar-refractivity contribution in [3.05, 3.63) is 81.4 Å². The van der Waals surface area contributed by atoms with Gasteiger partial charge in [0.2, 0.25) is 5.91 Å². The number of phenols is 1. The summed E-state index contributed by atoms with van der Waals surface area (Å²) in [6.07, 6.45) is 3.95. The van der Waals surface area contributed by atoms with Crippen LogP contribution in [0.4, 0.5) is 28.4 Å². The molecule has 0 fully saturated rings. The topological polar surface area (TPSA) is 120 Å². The van der Waals surface area contributed by atoms with Gasteiger partial charge in [-0.15, -0.1) is 10.2 Å². The van der Waals surface area contributed by atoms with Gasteiger partial charge in [-0.1, -0.05) is 30.3 Å². The van der Waals surface area contributed by atoms with Crippen LogP contribution in [0.3, 0.4) is 0 Å². The second kappa shape index (κ2) is 9.54. The van der Waals surface area contributed by atoms with Gasteiger partial charge in [0.05, 0.1) is 17.0 Å². The van der Waals surface area contributed by atoms with Crippen LogP contribution in [0.2, 0.25) is 0 Å². The van der Waals surface area contributed by atoms with E-state index in [1.807, 2.05) is 36.4 Å². The van der Waals surface area contributed by atoms with Crippen LogP contribution in [0, 0.1) is 10.1 Å². The number of azo groups is 1. The van der Waals surface area contributed by atoms with E-state index in [0.717, 1.165) is 55.5 Å². The number of aromatic hydroxyl groups is 1. The fraction of sp³-hybridized carbons (Fsp3) is 0.269. The molecule has 2 aliphatic heterocycles. The zero-order chi connectivity index (χ0) is 24.4. The molecule has 0 radical (unpaired) electrons. The molecular formula is C26H25N5O4. The van der Waals surface area contributed by atoms with Gasteiger partial charge in [-0.3, -0.25) is 14.9 Å². The predicted molar refractivity (Wildman–Crippen MR) is 133 cm³/mol. The first-order valence-electron chi connectivity index (χ1n) is 11.7. The lowest BCUT2D eigenvalue weighted by molar-refractivity contribution is -0.384. The SMILES string of the molecule is O=C(Cc1ccccc1)Nc1c(N=Nc2cc([N+](=O)[O-])ccc2O)cc2c3c1CCCN3CCC2. The molecule has 0 saturated carbocycles. The summed E-state index contributed by atoms with van der Waals surface area (Å²) in [5.41, 5.74) is 5.19. The number of anilines is 2. The highest BCUT2D eigenvalue weighted by atomic mass is 16.6. The molecule has 0 atom stereocenters. The third-order valence-corrected chi connectivity index (χ3v) is 6.41. The summed E-state index contributed by atoms with van der Waals surface area (Å²) in [5, 5.41) is 32.9. The number of benzene rings is 3. The van der Waals surface area contributed by atoms with Crippen LogP contribution in [-0.2, 0) is 24.1 Å². The third kappa shape index (κ3) is 4.70. The Balaban J connectivity index is 1.55. The first kappa shape index (κ1) is 22.5. The smallest absolute Gasteiger partial charge is 0.271 e. The van der Waals surface area contributed by atoms with Crippen LogP contribution in [-0.4, -0.2) is 29.0 Å². The van der Waals surface area contributed by atoms with Gasteiger partial charge in [-0.25, -0.2) is 0 Å². The fourth-order valence-corrected chi connectivity index (χ4v) is 4.84. The van der Waals surface area contributed by atoms with Crippen molar-refractivity contribution < 1.29 is 14.8 Å². The number of nitrogens with zero attached hydrogens (tertiary/aromatic N) is 4. The molecule has 3 aromatic rings. The maximum atomic E-state index is 13.0. The monoisotopic (exact) mass is 471 g/mol. The first-order chi connectivity index (χ1) is 17.0. The Morgan fingerprint density at radius 1 is 1.03 bits per heavy atom. The maximum Gasteiger partial charge on any atom is 0.271 e. The second-order valence-corrected chi connectivity index (χ2v) is 8.79. The van der Waals surface area contributed by atoms with E-state index in [-0.39, 0.29) is 29.5 Å². The minimum absolute atomic E-state index is 0.00578. The zero-order valence-electron chi connectivity index (χ0n) is 19.1. The van der Waals surface area contributed by atoms with Crippen molar-refractivity contribution in [2.24, 2.45) is 10.2 Å². The minimum Gasteiger partial charge on any atom is -0.506 e. The van der Waals surface area contributed by atoms with Crippen LogP contribution in [0.25, 0.3) is 0 Å². The van der Waals surface area contributed by atoms with E-state index >= 15 is 0 Å². The van der Waals surface area contributed by atoms with Gasteiger partial charge in [-0.05, 0) is 48.9 Å². The van der Waals surface area contributed by atoms with E-state index in [1.54, 1.807) is 0 Å². The highest BCUT2D eigenvalue weighted by molar-refractivity contribution is 5.98. The summed E-state index contributed by atoms with van der Waals surface area (Å²) in [6.45, 7) is 1.97. The molecule has 0 aromatic heterocycles. The zero-order valence-corrected chi connectivity index (χ0v) is 19.1. The minimum atomic E-state index is -0.550. The molecular weight excluding hydrogens is 446 g/mol. The Morgan fingerprint density at radius 2 is 1.77 bits per heavy atom. The van der Waals surface area contributed by atoms with Gasteiger partial charge in [-0.2, -0.15) is 0 Å². The standard InChI is InChI=1S/C26H25N5O4/c32-23-11-10-19(31(34)35)16-21(23)28-29-22-15-18-8-4-12-30-13-5-9-20(26(18)30)25(22)27-24(33)14-17-6-2-1-3-7-17/h1-3,6-7,10-11,15-16,32H,4-5,8-9,12-14H2,(H,27,33). The molecule has 2 heterocycles. The maximum absolute atomic E-state index is 13.0. The van der Waals surface area contributed by atoms with Gasteiger partial charge in [0, 0.05) is 36.5 Å². The second-order valence-electron chi connectivity index (χ2n) is 8.79. The first-order valence-corrected chi connectivity index (χ1v) is 11.7. The van der Waals surface area contributed by atoms with Crippen LogP contribution in [0.5, 0.6) is 5.75 Å². The lowest BCUT2D eigenvalue weighted by atomic mass is 9.90. The van der Waals surface area contributed by atoms with Crippen molar-refractivity contribution in [3.8, 4) is 5.75 Å². The Morgan fingerprint density at radius 3 is 2.54 bits per heavy atom. The van der Waals surface area contributed by atoms with Gasteiger partial charge in [0.25, 0.3) is 5.69 Å². The summed E-state index contributed by atoms with van der Waals surface area (Å²) in [4.78, 5) is 26.0. The molecule has 35 heavy (non-hydrogen) atoms. The van der Waals surface area contributed by atoms with Crippen molar-refractivity contribution in [3.63, 3.8) is 0 Å². The molecule has 178 valence electrons. The van der Waals surface area contributed by atoms with E-state index in [4.69, 9.17) is 0 Å². The Kier molecular flexibility index (Phi) is 6.13. The number of carbonyl (C=O) groups excluding carboxylic acids is 1. The van der Waals surface area contributed by atoms with Crippen LogP contribution in [0.15, 0.2) is 64.8 Å². The third-order valence-electron chi connectivity index (χ3n) is 6.41. The quantitative estimate of drug-likeness (QED) is 0.276. The fourth-order valence-electron chi connectivity index (χ4n) is 4.84. The average Bonchev–Trinajstić information content (AvgIpc) is 2.86. The highest BCUT2D eigenvalue weighted by Gasteiger charge is 2.28. The van der Waals surface area contributed by atoms with Gasteiger partial charge < -0.3 is 15.3 Å². The summed E-state index contributed by atoms with van der Waals surface area (Å²) in [6, 6.07) is 15.1. The molecule has 2 aliphatic rings. The number of nitro groups is 1. The number of hydrogen-bond donors (Lipinski definition) is 2. The number of amides is 1. The molecule has 0 bridgehead atoms. The van der Waals surface area contributed by atoms with Crippen LogP contribution in [0.1, 0.15) is 29.5 Å². The summed E-state index contributed by atoms with van der Waals surface area (Å²) >= 11 is 0. The Bertz CT molecular complexity index is 1320. The van der Waals surface area contributed by atoms with E-state index in [0.29, 0.717) is 11.4 Å². The molecule has 0 aliphatic carbocycles. The van der Waals surface area contributed by atoms with Crippen molar-refractivity contribution in [1.29, 1.82) is 0 Å². The molecule has 0 spiro atoms. The number of non-ortho nitro benzene ring substituents is 1. The Labute approximate surface area is 202 Å². The number of hydrogen-bond acceptors (Lipinski definition) is 7. The molecule has 5 rings (SSSR count). The number of nitro benzene ring substituents is 1. The van der Waals surface area contributed by atoms with E-state index in [1.165, 1.54) is 23.9 Å². The van der Waals surface area contributed by atoms with Crippen molar-refractivity contribution in [2.75, 3.05) is 23.3 Å². The molecule has 9 nitrogen and oxygen atoms in total. The number of aryl methyl sites for hydroxylation is 1. The lowest BCUT2D eigenvalue weighted by Gasteiger charge is -2.38. The van der Waals surface area contributed by atoms with Crippen molar-refractivity contribution in [1.82, 2.24) is 0 Å². The molecule has 0 unspecified atom stereocenters. The lowest BCUT2D eigenvalue weighted by Crippen LogP contribution is -2.35. The number of nitrogens with one attached hydrogen (secondary N) is 1. The largest absolute Gasteiger partial charge is 0.506 e. The Hall–Kier alpha value is -4.27. The molecule has 1 amide bonds. The van der Waals surface area contributed by atoms with Crippen LogP contribution < -0.4 is 10.2 Å². The number of rotatable bonds is 6. The summed E-state index contributed by atoms with van der Waals surface area (Å²) in [5.74, 6) is -0.366. The number of phenolic OH excluding ortho intramolecular Hbond substituents is 1. The summed E-state index contributed by atoms with van der Waals surface area (Å²) < 4.78 is 0. The molecule has 9 heteroatoms.